The van der Waals surface area contributed by atoms with Crippen molar-refractivity contribution >= 4 is 5.97 Å². The molecule has 0 aliphatic rings. The van der Waals surface area contributed by atoms with Crippen molar-refractivity contribution in [3.63, 3.8) is 0 Å². The number of carboxylic acids is 1. The monoisotopic (exact) mass is 214 g/mol. The highest BCUT2D eigenvalue weighted by atomic mass is 16.5. The second kappa shape index (κ2) is 4.79. The van der Waals surface area contributed by atoms with E-state index in [0.717, 1.165) is 0 Å². The largest absolute Gasteiger partial charge is 0.480 e. The van der Waals surface area contributed by atoms with Crippen LogP contribution in [0.25, 0.3) is 0 Å². The first-order valence-corrected chi connectivity index (χ1v) is 4.62. The highest BCUT2D eigenvalue weighted by Gasteiger charge is 2.20. The first-order valence-electron chi connectivity index (χ1n) is 4.62. The van der Waals surface area contributed by atoms with Gasteiger partial charge in [0.2, 0.25) is 0 Å². The van der Waals surface area contributed by atoms with Crippen LogP contribution in [-0.4, -0.2) is 28.9 Å². The lowest BCUT2D eigenvalue weighted by atomic mass is 10.1. The van der Waals surface area contributed by atoms with Crippen LogP contribution in [0.2, 0.25) is 0 Å². The number of rotatable bonds is 5. The summed E-state index contributed by atoms with van der Waals surface area (Å²) in [5.74, 6) is -0.195. The van der Waals surface area contributed by atoms with Gasteiger partial charge in [-0.3, -0.25) is 4.79 Å². The number of aromatic nitrogens is 1. The van der Waals surface area contributed by atoms with E-state index in [1.807, 2.05) is 6.92 Å². The fourth-order valence-corrected chi connectivity index (χ4v) is 1.16. The summed E-state index contributed by atoms with van der Waals surface area (Å²) in [5.41, 5.74) is 6.03. The van der Waals surface area contributed by atoms with E-state index in [0.29, 0.717) is 23.8 Å². The molecular formula is C9H14N2O4. The van der Waals surface area contributed by atoms with Gasteiger partial charge in [-0.2, -0.15) is 0 Å². The van der Waals surface area contributed by atoms with Crippen molar-refractivity contribution in [2.45, 2.75) is 26.3 Å². The Balaban J connectivity index is 2.82. The molecule has 0 spiro atoms. The molecule has 0 amide bonds. The van der Waals surface area contributed by atoms with Gasteiger partial charge in [0.25, 0.3) is 5.88 Å². The van der Waals surface area contributed by atoms with Crippen LogP contribution in [0.4, 0.5) is 0 Å². The van der Waals surface area contributed by atoms with Gasteiger partial charge < -0.3 is 20.1 Å². The zero-order valence-electron chi connectivity index (χ0n) is 8.69. The summed E-state index contributed by atoms with van der Waals surface area (Å²) in [6.07, 6.45) is 0.153. The Bertz CT molecular complexity index is 348. The predicted molar refractivity (Wildman–Crippen MR) is 51.7 cm³/mol. The molecule has 84 valence electrons. The number of carbonyl (C=O) groups is 1. The molecule has 15 heavy (non-hydrogen) atoms. The Morgan fingerprint density at radius 2 is 2.40 bits per heavy atom. The van der Waals surface area contributed by atoms with Gasteiger partial charge in [0.15, 0.2) is 0 Å². The average Bonchev–Trinajstić information content (AvgIpc) is 2.50. The lowest BCUT2D eigenvalue weighted by molar-refractivity contribution is -0.138. The molecular weight excluding hydrogens is 200 g/mol. The van der Waals surface area contributed by atoms with Crippen LogP contribution < -0.4 is 10.5 Å². The lowest BCUT2D eigenvalue weighted by Gasteiger charge is -2.06. The van der Waals surface area contributed by atoms with Crippen molar-refractivity contribution in [2.24, 2.45) is 5.73 Å². The molecule has 1 rings (SSSR count). The number of ether oxygens (including phenoxy) is 1. The Morgan fingerprint density at radius 3 is 2.93 bits per heavy atom. The van der Waals surface area contributed by atoms with E-state index < -0.39 is 12.0 Å². The normalized spacial score (nSPS) is 12.5. The van der Waals surface area contributed by atoms with Gasteiger partial charge in [-0.1, -0.05) is 0 Å². The lowest BCUT2D eigenvalue weighted by Crippen LogP contribution is -2.32. The maximum Gasteiger partial charge on any atom is 0.320 e. The topological polar surface area (TPSA) is 98.6 Å². The summed E-state index contributed by atoms with van der Waals surface area (Å²) < 4.78 is 10.1. The number of hydrogen-bond acceptors (Lipinski definition) is 5. The number of aryl methyl sites for hydroxylation is 1. The molecule has 0 aliphatic carbocycles. The molecule has 0 fully saturated rings. The van der Waals surface area contributed by atoms with E-state index in [2.05, 4.69) is 5.16 Å². The molecule has 6 heteroatoms. The molecule has 1 atom stereocenters. The van der Waals surface area contributed by atoms with Crippen molar-refractivity contribution in [3.05, 3.63) is 11.3 Å². The Hall–Kier alpha value is -1.56. The number of hydrogen-bond donors (Lipinski definition) is 2. The van der Waals surface area contributed by atoms with Crippen LogP contribution in [0.15, 0.2) is 4.52 Å². The maximum absolute atomic E-state index is 10.6. The first kappa shape index (κ1) is 11.5. The smallest absolute Gasteiger partial charge is 0.320 e. The molecule has 0 saturated heterocycles. The molecule has 0 aliphatic heterocycles. The molecule has 1 heterocycles. The second-order valence-electron chi connectivity index (χ2n) is 3.10. The van der Waals surface area contributed by atoms with Gasteiger partial charge in [0.05, 0.1) is 12.2 Å². The Labute approximate surface area is 87.0 Å². The SMILES string of the molecule is CCOc1noc(C)c1C[C@@H](N)C(=O)O. The van der Waals surface area contributed by atoms with Crippen molar-refractivity contribution in [2.75, 3.05) is 6.61 Å². The van der Waals surface area contributed by atoms with E-state index in [9.17, 15) is 4.79 Å². The fourth-order valence-electron chi connectivity index (χ4n) is 1.16. The zero-order chi connectivity index (χ0) is 11.4. The highest BCUT2D eigenvalue weighted by Crippen LogP contribution is 2.22. The molecule has 0 aromatic carbocycles. The molecule has 6 nitrogen and oxygen atoms in total. The molecule has 0 radical (unpaired) electrons. The quantitative estimate of drug-likeness (QED) is 0.733. The second-order valence-corrected chi connectivity index (χ2v) is 3.10. The third-order valence-electron chi connectivity index (χ3n) is 1.97. The minimum atomic E-state index is -1.06. The zero-order valence-corrected chi connectivity index (χ0v) is 8.69. The summed E-state index contributed by atoms with van der Waals surface area (Å²) in [6, 6.07) is -0.970. The van der Waals surface area contributed by atoms with Crippen LogP contribution in [0.5, 0.6) is 5.88 Å². The fraction of sp³-hybridized carbons (Fsp3) is 0.556. The van der Waals surface area contributed by atoms with Crippen molar-refractivity contribution in [1.82, 2.24) is 5.16 Å². The summed E-state index contributed by atoms with van der Waals surface area (Å²) in [4.78, 5) is 10.6. The van der Waals surface area contributed by atoms with Gasteiger partial charge in [-0.15, -0.1) is 0 Å². The summed E-state index contributed by atoms with van der Waals surface area (Å²) in [6.45, 7) is 3.95. The van der Waals surface area contributed by atoms with E-state index in [1.165, 1.54) is 0 Å². The summed E-state index contributed by atoms with van der Waals surface area (Å²) in [5, 5.41) is 12.3. The predicted octanol–water partition coefficient (Wildman–Crippen LogP) is 0.336. The Kier molecular flexibility index (Phi) is 3.68. The average molecular weight is 214 g/mol. The minimum absolute atomic E-state index is 0.153. The summed E-state index contributed by atoms with van der Waals surface area (Å²) >= 11 is 0. The van der Waals surface area contributed by atoms with Crippen LogP contribution in [0, 0.1) is 6.92 Å². The molecule has 0 bridgehead atoms. The van der Waals surface area contributed by atoms with Crippen molar-refractivity contribution < 1.29 is 19.2 Å². The number of nitrogens with two attached hydrogens (primary N) is 1. The van der Waals surface area contributed by atoms with Gasteiger partial charge in [0, 0.05) is 6.42 Å². The van der Waals surface area contributed by atoms with Crippen LogP contribution in [0.3, 0.4) is 0 Å². The van der Waals surface area contributed by atoms with E-state index in [1.54, 1.807) is 6.92 Å². The van der Waals surface area contributed by atoms with Gasteiger partial charge >= 0.3 is 5.97 Å². The first-order chi connectivity index (χ1) is 7.06. The molecule has 0 saturated carbocycles. The summed E-state index contributed by atoms with van der Waals surface area (Å²) in [7, 11) is 0. The number of aliphatic carboxylic acids is 1. The minimum Gasteiger partial charge on any atom is -0.480 e. The number of carboxylic acid groups (broad SMARTS) is 1. The molecule has 0 unspecified atom stereocenters. The molecule has 1 aromatic heterocycles. The third kappa shape index (κ3) is 2.69. The molecule has 1 aromatic rings. The van der Waals surface area contributed by atoms with Gasteiger partial charge in [-0.05, 0) is 19.0 Å². The standard InChI is InChI=1S/C9H14N2O4/c1-3-14-8-6(5(2)15-11-8)4-7(10)9(12)13/h7H,3-4,10H2,1-2H3,(H,12,13)/t7-/m1/s1. The molecule has 3 N–H and O–H groups in total. The van der Waals surface area contributed by atoms with Crippen molar-refractivity contribution in [3.8, 4) is 5.88 Å². The van der Waals surface area contributed by atoms with E-state index >= 15 is 0 Å². The van der Waals surface area contributed by atoms with Crippen LogP contribution in [-0.2, 0) is 11.2 Å². The van der Waals surface area contributed by atoms with Gasteiger partial charge in [-0.25, -0.2) is 0 Å². The third-order valence-corrected chi connectivity index (χ3v) is 1.97. The van der Waals surface area contributed by atoms with E-state index in [4.69, 9.17) is 20.1 Å². The van der Waals surface area contributed by atoms with Crippen LogP contribution >= 0.6 is 0 Å². The maximum atomic E-state index is 10.6. The number of nitrogens with zero attached hydrogens (tertiary/aromatic N) is 1. The van der Waals surface area contributed by atoms with E-state index in [-0.39, 0.29) is 6.42 Å². The van der Waals surface area contributed by atoms with Crippen molar-refractivity contribution in [1.29, 1.82) is 0 Å². The van der Waals surface area contributed by atoms with Gasteiger partial charge in [0.1, 0.15) is 11.8 Å². The highest BCUT2D eigenvalue weighted by molar-refractivity contribution is 5.73. The van der Waals surface area contributed by atoms with Crippen LogP contribution in [0.1, 0.15) is 18.2 Å². The Morgan fingerprint density at radius 1 is 1.73 bits per heavy atom.